The summed E-state index contributed by atoms with van der Waals surface area (Å²) >= 11 is 0. The third kappa shape index (κ3) is 1.59. The van der Waals surface area contributed by atoms with Crippen molar-refractivity contribution in [3.05, 3.63) is 35.9 Å². The van der Waals surface area contributed by atoms with Gasteiger partial charge in [-0.05, 0) is 0 Å². The minimum Gasteiger partial charge on any atom is -0.369 e. The number of nitrogens with zero attached hydrogens (tertiary/aromatic N) is 3. The third-order valence-electron chi connectivity index (χ3n) is 2.48. The Morgan fingerprint density at radius 3 is 2.71 bits per heavy atom. The average Bonchev–Trinajstić information content (AvgIpc) is 2.74. The van der Waals surface area contributed by atoms with Crippen LogP contribution in [0.4, 0.5) is 0 Å². The molecule has 6 heteroatoms. The highest BCUT2D eigenvalue weighted by Gasteiger charge is 2.33. The number of guanidine groups is 1. The summed E-state index contributed by atoms with van der Waals surface area (Å²) in [6, 6.07) is 8.77. The van der Waals surface area contributed by atoms with Gasteiger partial charge >= 0.3 is 0 Å². The van der Waals surface area contributed by atoms with Crippen molar-refractivity contribution in [2.75, 3.05) is 0 Å². The van der Waals surface area contributed by atoms with Crippen LogP contribution in [0.2, 0.25) is 0 Å². The van der Waals surface area contributed by atoms with Gasteiger partial charge in [0.05, 0.1) is 0 Å². The highest BCUT2D eigenvalue weighted by atomic mass is 16.2. The molecule has 3 rings (SSSR count). The van der Waals surface area contributed by atoms with Crippen molar-refractivity contribution in [1.29, 1.82) is 0 Å². The highest BCUT2D eigenvalue weighted by Crippen LogP contribution is 2.15. The summed E-state index contributed by atoms with van der Waals surface area (Å²) in [5.74, 6) is 0.640. The van der Waals surface area contributed by atoms with Gasteiger partial charge in [-0.3, -0.25) is 10.1 Å². The topological polar surface area (TPSA) is 92.2 Å². The van der Waals surface area contributed by atoms with E-state index in [1.807, 2.05) is 30.3 Å². The second-order valence-electron chi connectivity index (χ2n) is 3.68. The van der Waals surface area contributed by atoms with Gasteiger partial charge in [0.1, 0.15) is 0 Å². The molecule has 0 saturated carbocycles. The molecule has 3 N–H and O–H groups in total. The van der Waals surface area contributed by atoms with Crippen molar-refractivity contribution in [3.63, 3.8) is 0 Å². The fourth-order valence-electron chi connectivity index (χ4n) is 1.71. The van der Waals surface area contributed by atoms with Crippen molar-refractivity contribution in [3.8, 4) is 0 Å². The van der Waals surface area contributed by atoms with Crippen LogP contribution in [-0.4, -0.2) is 29.6 Å². The fourth-order valence-corrected chi connectivity index (χ4v) is 1.71. The van der Waals surface area contributed by atoms with Gasteiger partial charge in [-0.1, -0.05) is 30.3 Å². The van der Waals surface area contributed by atoms with Crippen LogP contribution < -0.4 is 11.1 Å². The summed E-state index contributed by atoms with van der Waals surface area (Å²) in [6.45, 7) is 0. The van der Waals surface area contributed by atoms with E-state index in [9.17, 15) is 4.79 Å². The number of nitrogens with two attached hydrogens (primary N) is 1. The van der Waals surface area contributed by atoms with Crippen molar-refractivity contribution < 1.29 is 4.79 Å². The predicted octanol–water partition coefficient (Wildman–Crippen LogP) is -0.342. The van der Waals surface area contributed by atoms with Gasteiger partial charge in [-0.25, -0.2) is 9.98 Å². The third-order valence-corrected chi connectivity index (χ3v) is 2.48. The Morgan fingerprint density at radius 1 is 1.18 bits per heavy atom. The van der Waals surface area contributed by atoms with Gasteiger partial charge in [0.25, 0.3) is 5.91 Å². The van der Waals surface area contributed by atoms with Crippen molar-refractivity contribution >= 4 is 23.5 Å². The average molecular weight is 227 g/mol. The molecular weight excluding hydrogens is 218 g/mol. The zero-order valence-corrected chi connectivity index (χ0v) is 8.79. The predicted molar refractivity (Wildman–Crippen MR) is 64.0 cm³/mol. The summed E-state index contributed by atoms with van der Waals surface area (Å²) in [4.78, 5) is 24.0. The Hall–Kier alpha value is -2.50. The standard InChI is InChI=1S/C11H9N5O/c12-11-15-9-7(10(17)16-11)13-8(14-9)6-4-2-1-3-5-6/h1-5,7H,(H3,12,13,14,15,16,17). The molecule has 0 aromatic heterocycles. The summed E-state index contributed by atoms with van der Waals surface area (Å²) in [5.41, 5.74) is 6.31. The summed E-state index contributed by atoms with van der Waals surface area (Å²) < 4.78 is 0. The Bertz CT molecular complexity index is 573. The van der Waals surface area contributed by atoms with Crippen LogP contribution in [0.5, 0.6) is 0 Å². The molecule has 2 aliphatic heterocycles. The van der Waals surface area contributed by atoms with Crippen molar-refractivity contribution in [2.24, 2.45) is 20.7 Å². The molecule has 2 aliphatic rings. The minimum absolute atomic E-state index is 0.0644. The van der Waals surface area contributed by atoms with Gasteiger partial charge in [-0.15, -0.1) is 0 Å². The molecule has 0 radical (unpaired) electrons. The maximum Gasteiger partial charge on any atom is 0.259 e. The second-order valence-corrected chi connectivity index (χ2v) is 3.68. The van der Waals surface area contributed by atoms with Crippen molar-refractivity contribution in [2.45, 2.75) is 6.04 Å². The Kier molecular flexibility index (Phi) is 2.01. The van der Waals surface area contributed by atoms with Gasteiger partial charge in [0, 0.05) is 5.56 Å². The molecule has 1 atom stereocenters. The lowest BCUT2D eigenvalue weighted by Crippen LogP contribution is -2.49. The Morgan fingerprint density at radius 2 is 1.94 bits per heavy atom. The largest absolute Gasteiger partial charge is 0.369 e. The molecule has 6 nitrogen and oxygen atoms in total. The molecule has 1 aromatic carbocycles. The lowest BCUT2D eigenvalue weighted by molar-refractivity contribution is -0.119. The van der Waals surface area contributed by atoms with Gasteiger partial charge < -0.3 is 5.73 Å². The van der Waals surface area contributed by atoms with Crippen LogP contribution in [0.15, 0.2) is 45.3 Å². The van der Waals surface area contributed by atoms with E-state index in [4.69, 9.17) is 5.73 Å². The molecule has 1 amide bonds. The maximum absolute atomic E-state index is 11.6. The molecule has 17 heavy (non-hydrogen) atoms. The first kappa shape index (κ1) is 9.71. The van der Waals surface area contributed by atoms with Crippen LogP contribution in [0.25, 0.3) is 0 Å². The van der Waals surface area contributed by atoms with E-state index in [-0.39, 0.29) is 11.9 Å². The molecule has 0 saturated heterocycles. The van der Waals surface area contributed by atoms with Crippen LogP contribution in [0.1, 0.15) is 5.56 Å². The molecule has 1 unspecified atom stereocenters. The molecule has 2 heterocycles. The van der Waals surface area contributed by atoms with Gasteiger partial charge in [-0.2, -0.15) is 4.99 Å². The highest BCUT2D eigenvalue weighted by molar-refractivity contribution is 6.26. The molecule has 0 spiro atoms. The number of aliphatic imine (C=N–C) groups is 3. The minimum atomic E-state index is -0.669. The molecule has 0 aliphatic carbocycles. The number of hydrogen-bond donors (Lipinski definition) is 2. The number of hydrogen-bond acceptors (Lipinski definition) is 5. The number of rotatable bonds is 1. The number of carbonyl (C=O) groups excluding carboxylic acids is 1. The fraction of sp³-hybridized carbons (Fsp3) is 0.0909. The molecular formula is C11H9N5O. The van der Waals surface area contributed by atoms with Gasteiger partial charge in [0.15, 0.2) is 17.7 Å². The first-order chi connectivity index (χ1) is 8.24. The lowest BCUT2D eigenvalue weighted by atomic mass is 10.2. The summed E-state index contributed by atoms with van der Waals surface area (Å²) in [6.07, 6.45) is 0. The van der Waals surface area contributed by atoms with Crippen LogP contribution in [-0.2, 0) is 4.79 Å². The van der Waals surface area contributed by atoms with E-state index < -0.39 is 6.04 Å². The molecule has 84 valence electrons. The number of carbonyl (C=O) groups is 1. The Balaban J connectivity index is 2.02. The quantitative estimate of drug-likeness (QED) is 0.686. The number of benzene rings is 1. The maximum atomic E-state index is 11.6. The van der Waals surface area contributed by atoms with Crippen LogP contribution in [0.3, 0.4) is 0 Å². The first-order valence-electron chi connectivity index (χ1n) is 5.11. The molecule has 0 bridgehead atoms. The van der Waals surface area contributed by atoms with E-state index in [0.717, 1.165) is 5.56 Å². The summed E-state index contributed by atoms with van der Waals surface area (Å²) in [7, 11) is 0. The first-order valence-corrected chi connectivity index (χ1v) is 5.11. The zero-order chi connectivity index (χ0) is 11.8. The van der Waals surface area contributed by atoms with Crippen LogP contribution >= 0.6 is 0 Å². The van der Waals surface area contributed by atoms with Crippen molar-refractivity contribution in [1.82, 2.24) is 5.32 Å². The summed E-state index contributed by atoms with van der Waals surface area (Å²) in [5, 5.41) is 2.42. The van der Waals surface area contributed by atoms with Gasteiger partial charge in [0.2, 0.25) is 5.96 Å². The second kappa shape index (κ2) is 3.51. The Labute approximate surface area is 97.0 Å². The number of amides is 1. The number of nitrogens with one attached hydrogen (secondary N) is 1. The van der Waals surface area contributed by atoms with E-state index >= 15 is 0 Å². The van der Waals surface area contributed by atoms with E-state index in [0.29, 0.717) is 11.7 Å². The normalized spacial score (nSPS) is 22.2. The lowest BCUT2D eigenvalue weighted by Gasteiger charge is -2.13. The van der Waals surface area contributed by atoms with E-state index in [2.05, 4.69) is 20.3 Å². The monoisotopic (exact) mass is 227 g/mol. The van der Waals surface area contributed by atoms with Crippen LogP contribution in [0, 0.1) is 0 Å². The number of fused-ring (bicyclic) bond motifs is 1. The van der Waals surface area contributed by atoms with E-state index in [1.54, 1.807) is 0 Å². The SMILES string of the molecule is NC1=NC2=NC(c3ccccc3)=NC2C(=O)N1. The molecule has 1 aromatic rings. The molecule has 0 fully saturated rings. The smallest absolute Gasteiger partial charge is 0.259 e. The number of amidine groups is 2. The zero-order valence-electron chi connectivity index (χ0n) is 8.79. The van der Waals surface area contributed by atoms with E-state index in [1.165, 1.54) is 0 Å².